The van der Waals surface area contributed by atoms with Crippen LogP contribution in [0.5, 0.6) is 23.0 Å². The monoisotopic (exact) mass is 368 g/mol. The van der Waals surface area contributed by atoms with E-state index in [2.05, 4.69) is 0 Å². The second-order valence-electron chi connectivity index (χ2n) is 6.33. The van der Waals surface area contributed by atoms with Crippen LogP contribution in [0.4, 0.5) is 0 Å². The summed E-state index contributed by atoms with van der Waals surface area (Å²) in [4.78, 5) is 12.6. The minimum absolute atomic E-state index is 0.131. The summed E-state index contributed by atoms with van der Waals surface area (Å²) in [6, 6.07) is 9.04. The molecule has 5 nitrogen and oxygen atoms in total. The van der Waals surface area contributed by atoms with Gasteiger partial charge in [0, 0.05) is 23.1 Å². The molecule has 0 radical (unpaired) electrons. The fourth-order valence-electron chi connectivity index (χ4n) is 3.12. The Bertz CT molecular complexity index is 869. The molecular formula is C22H24O5. The number of hydrogen-bond acceptors (Lipinski definition) is 5. The van der Waals surface area contributed by atoms with Crippen LogP contribution in [0.3, 0.4) is 0 Å². The lowest BCUT2D eigenvalue weighted by atomic mass is 10.0. The van der Waals surface area contributed by atoms with E-state index in [0.29, 0.717) is 23.7 Å². The largest absolute Gasteiger partial charge is 0.493 e. The molecule has 0 N–H and O–H groups in total. The lowest BCUT2D eigenvalue weighted by Gasteiger charge is -2.10. The zero-order chi connectivity index (χ0) is 19.4. The Morgan fingerprint density at radius 1 is 1.15 bits per heavy atom. The summed E-state index contributed by atoms with van der Waals surface area (Å²) < 4.78 is 22.0. The maximum Gasteiger partial charge on any atom is 0.185 e. The van der Waals surface area contributed by atoms with Gasteiger partial charge in [0.25, 0.3) is 0 Å². The smallest absolute Gasteiger partial charge is 0.185 e. The first-order valence-electron chi connectivity index (χ1n) is 8.96. The van der Waals surface area contributed by atoms with Gasteiger partial charge in [-0.3, -0.25) is 4.79 Å². The number of fused-ring (bicyclic) bond motifs is 1. The highest BCUT2D eigenvalue weighted by Crippen LogP contribution is 2.36. The lowest BCUT2D eigenvalue weighted by Crippen LogP contribution is -2.05. The number of carbonyl (C=O) groups is 1. The van der Waals surface area contributed by atoms with Crippen molar-refractivity contribution >= 4 is 11.9 Å². The molecule has 0 fully saturated rings. The van der Waals surface area contributed by atoms with Crippen molar-refractivity contribution in [3.63, 3.8) is 0 Å². The third-order valence-electron chi connectivity index (χ3n) is 4.41. The molecule has 142 valence electrons. The van der Waals surface area contributed by atoms with Gasteiger partial charge in [-0.1, -0.05) is 0 Å². The molecule has 0 amide bonds. The molecule has 3 rings (SSSR count). The molecule has 27 heavy (non-hydrogen) atoms. The molecule has 0 unspecified atom stereocenters. The van der Waals surface area contributed by atoms with E-state index in [9.17, 15) is 4.79 Å². The maximum absolute atomic E-state index is 12.6. The van der Waals surface area contributed by atoms with E-state index in [1.54, 1.807) is 38.5 Å². The van der Waals surface area contributed by atoms with Crippen LogP contribution in [0.1, 0.15) is 35.3 Å². The second kappa shape index (κ2) is 8.16. The summed E-state index contributed by atoms with van der Waals surface area (Å²) in [5.41, 5.74) is 2.47. The van der Waals surface area contributed by atoms with Gasteiger partial charge in [-0.2, -0.15) is 0 Å². The molecule has 1 heterocycles. The number of ether oxygens (including phenoxy) is 4. The standard InChI is InChI=1S/C22H24O5/c1-5-26-20-13-17-10-14(2)27-21(17)12-16(20)6-8-18(23)15-7-9-19(24-3)22(11-15)25-4/h6-9,11-14H,5,10H2,1-4H3/b8-6+/t14-/m1/s1. The van der Waals surface area contributed by atoms with Crippen LogP contribution in [0.2, 0.25) is 0 Å². The SMILES string of the molecule is CCOc1cc2c(cc1/C=C/C(=O)c1ccc(OC)c(OC)c1)O[C@H](C)C2. The average Bonchev–Trinajstić information content (AvgIpc) is 3.04. The van der Waals surface area contributed by atoms with Crippen molar-refractivity contribution in [1.29, 1.82) is 0 Å². The molecule has 1 aliphatic rings. The summed E-state index contributed by atoms with van der Waals surface area (Å²) in [5.74, 6) is 2.58. The summed E-state index contributed by atoms with van der Waals surface area (Å²) in [6.45, 7) is 4.53. The fraction of sp³-hybridized carbons (Fsp3) is 0.318. The summed E-state index contributed by atoms with van der Waals surface area (Å²) >= 11 is 0. The van der Waals surface area contributed by atoms with Crippen LogP contribution >= 0.6 is 0 Å². The van der Waals surface area contributed by atoms with Gasteiger partial charge in [0.2, 0.25) is 0 Å². The molecule has 0 aromatic heterocycles. The Labute approximate surface area is 159 Å². The van der Waals surface area contributed by atoms with Crippen LogP contribution in [0, 0.1) is 0 Å². The number of hydrogen-bond donors (Lipinski definition) is 0. The Kier molecular flexibility index (Phi) is 5.69. The Balaban J connectivity index is 1.87. The topological polar surface area (TPSA) is 54.0 Å². The zero-order valence-electron chi connectivity index (χ0n) is 16.1. The van der Waals surface area contributed by atoms with Gasteiger partial charge >= 0.3 is 0 Å². The van der Waals surface area contributed by atoms with Crippen molar-refractivity contribution < 1.29 is 23.7 Å². The molecule has 0 saturated carbocycles. The molecule has 2 aromatic rings. The number of ketones is 1. The van der Waals surface area contributed by atoms with Gasteiger partial charge in [0.1, 0.15) is 17.6 Å². The van der Waals surface area contributed by atoms with E-state index >= 15 is 0 Å². The highest BCUT2D eigenvalue weighted by molar-refractivity contribution is 6.07. The summed E-state index contributed by atoms with van der Waals surface area (Å²) in [7, 11) is 3.10. The second-order valence-corrected chi connectivity index (χ2v) is 6.33. The normalized spacial score (nSPS) is 15.3. The van der Waals surface area contributed by atoms with E-state index in [-0.39, 0.29) is 11.9 Å². The molecule has 0 aliphatic carbocycles. The van der Waals surface area contributed by atoms with Crippen LogP contribution in [-0.2, 0) is 6.42 Å². The minimum atomic E-state index is -0.131. The molecule has 0 saturated heterocycles. The van der Waals surface area contributed by atoms with Crippen molar-refractivity contribution in [1.82, 2.24) is 0 Å². The van der Waals surface area contributed by atoms with Crippen molar-refractivity contribution in [3.05, 3.63) is 53.1 Å². The van der Waals surface area contributed by atoms with Gasteiger partial charge in [0.05, 0.1) is 20.8 Å². The Morgan fingerprint density at radius 2 is 1.93 bits per heavy atom. The maximum atomic E-state index is 12.6. The lowest BCUT2D eigenvalue weighted by molar-refractivity contribution is 0.104. The average molecular weight is 368 g/mol. The Morgan fingerprint density at radius 3 is 2.63 bits per heavy atom. The minimum Gasteiger partial charge on any atom is -0.493 e. The number of carbonyl (C=O) groups excluding carboxylic acids is 1. The van der Waals surface area contributed by atoms with E-state index in [1.807, 2.05) is 26.0 Å². The first-order chi connectivity index (χ1) is 13.0. The van der Waals surface area contributed by atoms with Crippen molar-refractivity contribution in [2.45, 2.75) is 26.4 Å². The van der Waals surface area contributed by atoms with E-state index in [0.717, 1.165) is 29.0 Å². The van der Waals surface area contributed by atoms with Gasteiger partial charge in [-0.05, 0) is 56.3 Å². The molecule has 1 aliphatic heterocycles. The fourth-order valence-corrected chi connectivity index (χ4v) is 3.12. The van der Waals surface area contributed by atoms with E-state index < -0.39 is 0 Å². The number of rotatable bonds is 7. The van der Waals surface area contributed by atoms with E-state index in [1.165, 1.54) is 6.08 Å². The third kappa shape index (κ3) is 4.08. The molecule has 0 bridgehead atoms. The van der Waals surface area contributed by atoms with Crippen molar-refractivity contribution in [2.24, 2.45) is 0 Å². The molecular weight excluding hydrogens is 344 g/mol. The van der Waals surface area contributed by atoms with Crippen LogP contribution < -0.4 is 18.9 Å². The number of allylic oxidation sites excluding steroid dienone is 1. The van der Waals surface area contributed by atoms with Crippen LogP contribution in [0.15, 0.2) is 36.4 Å². The molecule has 1 atom stereocenters. The highest BCUT2D eigenvalue weighted by atomic mass is 16.5. The first kappa shape index (κ1) is 18.8. The summed E-state index contributed by atoms with van der Waals surface area (Å²) in [5, 5.41) is 0. The zero-order valence-corrected chi connectivity index (χ0v) is 16.1. The van der Waals surface area contributed by atoms with Crippen LogP contribution in [0.25, 0.3) is 6.08 Å². The van der Waals surface area contributed by atoms with Gasteiger partial charge in [-0.25, -0.2) is 0 Å². The third-order valence-corrected chi connectivity index (χ3v) is 4.41. The number of methoxy groups -OCH3 is 2. The summed E-state index contributed by atoms with van der Waals surface area (Å²) in [6.07, 6.45) is 4.31. The molecule has 5 heteroatoms. The first-order valence-corrected chi connectivity index (χ1v) is 8.96. The van der Waals surface area contributed by atoms with Gasteiger partial charge in [0.15, 0.2) is 17.3 Å². The molecule has 2 aromatic carbocycles. The predicted molar refractivity (Wildman–Crippen MR) is 104 cm³/mol. The highest BCUT2D eigenvalue weighted by Gasteiger charge is 2.21. The van der Waals surface area contributed by atoms with Gasteiger partial charge in [-0.15, -0.1) is 0 Å². The quantitative estimate of drug-likeness (QED) is 0.538. The Hall–Kier alpha value is -2.95. The van der Waals surface area contributed by atoms with E-state index in [4.69, 9.17) is 18.9 Å². The molecule has 0 spiro atoms. The van der Waals surface area contributed by atoms with Crippen LogP contribution in [-0.4, -0.2) is 32.7 Å². The van der Waals surface area contributed by atoms with Gasteiger partial charge < -0.3 is 18.9 Å². The van der Waals surface area contributed by atoms with Crippen molar-refractivity contribution in [2.75, 3.05) is 20.8 Å². The number of benzene rings is 2. The predicted octanol–water partition coefficient (Wildman–Crippen LogP) is 4.32. The van der Waals surface area contributed by atoms with Crippen molar-refractivity contribution in [3.8, 4) is 23.0 Å².